The SMILES string of the molecule is CCCCCCCCCCCCCCC[C@@H](O)C(CCCCCCCCCCCCCC)CCCCCCCCCCCCCC. The molecule has 1 N–H and O–H groups in total. The van der Waals surface area contributed by atoms with Gasteiger partial charge < -0.3 is 5.11 Å². The van der Waals surface area contributed by atoms with E-state index in [1.807, 2.05) is 0 Å². The van der Waals surface area contributed by atoms with Gasteiger partial charge in [0.2, 0.25) is 0 Å². The standard InChI is InChI=1S/C45H92O/c1-4-7-10-13-16-19-22-25-28-31-34-37-40-43-45(46)44(41-38-35-32-29-26-23-20-17-14-11-8-5-2)42-39-36-33-30-27-24-21-18-15-12-9-6-3/h44-46H,4-43H2,1-3H3/t45-/m1/s1. The number of hydrogen-bond acceptors (Lipinski definition) is 1. The molecule has 1 nitrogen and oxygen atoms in total. The fourth-order valence-corrected chi connectivity index (χ4v) is 7.63. The molecule has 0 saturated carbocycles. The van der Waals surface area contributed by atoms with Crippen LogP contribution < -0.4 is 0 Å². The Labute approximate surface area is 294 Å². The van der Waals surface area contributed by atoms with Gasteiger partial charge in [0, 0.05) is 0 Å². The molecule has 1 heteroatoms. The van der Waals surface area contributed by atoms with Crippen LogP contribution in [0, 0.1) is 5.92 Å². The van der Waals surface area contributed by atoms with Crippen LogP contribution in [0.4, 0.5) is 0 Å². The first-order chi connectivity index (χ1) is 22.8. The van der Waals surface area contributed by atoms with E-state index >= 15 is 0 Å². The Kier molecular flexibility index (Phi) is 41.1. The molecule has 0 aromatic heterocycles. The lowest BCUT2D eigenvalue weighted by Crippen LogP contribution is -2.20. The summed E-state index contributed by atoms with van der Waals surface area (Å²) in [4.78, 5) is 0. The van der Waals surface area contributed by atoms with E-state index in [1.165, 1.54) is 250 Å². The van der Waals surface area contributed by atoms with Crippen LogP contribution in [0.3, 0.4) is 0 Å². The van der Waals surface area contributed by atoms with Gasteiger partial charge >= 0.3 is 0 Å². The Morgan fingerprint density at radius 2 is 0.413 bits per heavy atom. The molecule has 0 radical (unpaired) electrons. The average Bonchev–Trinajstić information content (AvgIpc) is 3.06. The number of hydrogen-bond donors (Lipinski definition) is 1. The Morgan fingerprint density at radius 1 is 0.239 bits per heavy atom. The molecule has 0 aliphatic heterocycles. The zero-order valence-corrected chi connectivity index (χ0v) is 32.9. The Balaban J connectivity index is 4.05. The predicted octanol–water partition coefficient (Wildman–Crippen LogP) is 16.6. The number of rotatable bonds is 41. The minimum Gasteiger partial charge on any atom is -0.393 e. The third-order valence-corrected chi connectivity index (χ3v) is 11.0. The molecule has 0 spiro atoms. The maximum absolute atomic E-state index is 11.2. The second-order valence-electron chi connectivity index (χ2n) is 15.7. The summed E-state index contributed by atoms with van der Waals surface area (Å²) < 4.78 is 0. The molecular formula is C45H92O. The maximum Gasteiger partial charge on any atom is 0.0568 e. The fourth-order valence-electron chi connectivity index (χ4n) is 7.63. The molecule has 0 aliphatic carbocycles. The summed E-state index contributed by atoms with van der Waals surface area (Å²) in [5, 5.41) is 11.2. The second kappa shape index (κ2) is 41.1. The zero-order chi connectivity index (χ0) is 33.4. The smallest absolute Gasteiger partial charge is 0.0568 e. The molecule has 1 atom stereocenters. The van der Waals surface area contributed by atoms with Crippen LogP contribution >= 0.6 is 0 Å². The van der Waals surface area contributed by atoms with Gasteiger partial charge in [0.1, 0.15) is 0 Å². The van der Waals surface area contributed by atoms with E-state index in [4.69, 9.17) is 0 Å². The average molecular weight is 649 g/mol. The summed E-state index contributed by atoms with van der Waals surface area (Å²) in [7, 11) is 0. The van der Waals surface area contributed by atoms with Gasteiger partial charge in [0.25, 0.3) is 0 Å². The monoisotopic (exact) mass is 649 g/mol. The first-order valence-corrected chi connectivity index (χ1v) is 22.4. The molecule has 0 fully saturated rings. The van der Waals surface area contributed by atoms with Gasteiger partial charge in [-0.2, -0.15) is 0 Å². The van der Waals surface area contributed by atoms with Crippen LogP contribution in [0.5, 0.6) is 0 Å². The first-order valence-electron chi connectivity index (χ1n) is 22.4. The third-order valence-electron chi connectivity index (χ3n) is 11.0. The predicted molar refractivity (Wildman–Crippen MR) is 211 cm³/mol. The van der Waals surface area contributed by atoms with Crippen molar-refractivity contribution in [3.63, 3.8) is 0 Å². The fraction of sp³-hybridized carbons (Fsp3) is 1.00. The van der Waals surface area contributed by atoms with Crippen molar-refractivity contribution in [2.45, 2.75) is 284 Å². The van der Waals surface area contributed by atoms with Crippen LogP contribution in [-0.2, 0) is 0 Å². The summed E-state index contributed by atoms with van der Waals surface area (Å²) >= 11 is 0. The minimum absolute atomic E-state index is 0.0480. The van der Waals surface area contributed by atoms with Gasteiger partial charge in [0.05, 0.1) is 6.10 Å². The van der Waals surface area contributed by atoms with Crippen LogP contribution in [0.1, 0.15) is 278 Å². The summed E-state index contributed by atoms with van der Waals surface area (Å²) in [5.41, 5.74) is 0. The van der Waals surface area contributed by atoms with Crippen molar-refractivity contribution in [2.75, 3.05) is 0 Å². The molecule has 0 bridgehead atoms. The number of aliphatic hydroxyl groups is 1. The Hall–Kier alpha value is -0.0400. The normalized spacial score (nSPS) is 12.5. The molecule has 0 aliphatic rings. The van der Waals surface area contributed by atoms with Crippen molar-refractivity contribution >= 4 is 0 Å². The van der Waals surface area contributed by atoms with Crippen molar-refractivity contribution < 1.29 is 5.11 Å². The minimum atomic E-state index is -0.0480. The summed E-state index contributed by atoms with van der Waals surface area (Å²) in [6.07, 6.45) is 55.9. The molecule has 46 heavy (non-hydrogen) atoms. The summed E-state index contributed by atoms with van der Waals surface area (Å²) in [6.45, 7) is 6.92. The molecule has 0 rings (SSSR count). The van der Waals surface area contributed by atoms with Crippen molar-refractivity contribution in [1.29, 1.82) is 0 Å². The summed E-state index contributed by atoms with van der Waals surface area (Å²) in [6, 6.07) is 0. The molecule has 0 aromatic rings. The largest absolute Gasteiger partial charge is 0.393 e. The highest BCUT2D eigenvalue weighted by Gasteiger charge is 2.18. The highest BCUT2D eigenvalue weighted by molar-refractivity contribution is 4.70. The maximum atomic E-state index is 11.2. The van der Waals surface area contributed by atoms with Gasteiger partial charge in [-0.15, -0.1) is 0 Å². The Morgan fingerprint density at radius 3 is 0.630 bits per heavy atom. The van der Waals surface area contributed by atoms with Crippen molar-refractivity contribution in [3.8, 4) is 0 Å². The van der Waals surface area contributed by atoms with Gasteiger partial charge in [-0.25, -0.2) is 0 Å². The van der Waals surface area contributed by atoms with Gasteiger partial charge in [-0.1, -0.05) is 258 Å². The van der Waals surface area contributed by atoms with Crippen molar-refractivity contribution in [2.24, 2.45) is 5.92 Å². The summed E-state index contributed by atoms with van der Waals surface area (Å²) in [5.74, 6) is 0.559. The van der Waals surface area contributed by atoms with E-state index in [9.17, 15) is 5.11 Å². The van der Waals surface area contributed by atoms with Crippen LogP contribution in [0.15, 0.2) is 0 Å². The molecular weight excluding hydrogens is 556 g/mol. The lowest BCUT2D eigenvalue weighted by Gasteiger charge is -2.23. The lowest BCUT2D eigenvalue weighted by atomic mass is 9.87. The van der Waals surface area contributed by atoms with Crippen LogP contribution in [0.25, 0.3) is 0 Å². The first kappa shape index (κ1) is 46.0. The zero-order valence-electron chi connectivity index (χ0n) is 32.9. The van der Waals surface area contributed by atoms with Gasteiger partial charge in [-0.3, -0.25) is 0 Å². The second-order valence-corrected chi connectivity index (χ2v) is 15.7. The van der Waals surface area contributed by atoms with Gasteiger partial charge in [-0.05, 0) is 25.2 Å². The molecule has 0 heterocycles. The van der Waals surface area contributed by atoms with E-state index in [0.717, 1.165) is 6.42 Å². The van der Waals surface area contributed by atoms with E-state index in [2.05, 4.69) is 20.8 Å². The third kappa shape index (κ3) is 36.8. The van der Waals surface area contributed by atoms with Gasteiger partial charge in [0.15, 0.2) is 0 Å². The van der Waals surface area contributed by atoms with E-state index in [1.54, 1.807) is 0 Å². The molecule has 278 valence electrons. The Bertz CT molecular complexity index is 487. The van der Waals surface area contributed by atoms with E-state index in [-0.39, 0.29) is 6.10 Å². The topological polar surface area (TPSA) is 20.2 Å². The number of unbranched alkanes of at least 4 members (excludes halogenated alkanes) is 34. The van der Waals surface area contributed by atoms with E-state index < -0.39 is 0 Å². The highest BCUT2D eigenvalue weighted by atomic mass is 16.3. The molecule has 0 amide bonds. The highest BCUT2D eigenvalue weighted by Crippen LogP contribution is 2.26. The van der Waals surface area contributed by atoms with E-state index in [0.29, 0.717) is 5.92 Å². The number of aliphatic hydroxyl groups excluding tert-OH is 1. The lowest BCUT2D eigenvalue weighted by molar-refractivity contribution is 0.0829. The van der Waals surface area contributed by atoms with Crippen molar-refractivity contribution in [3.05, 3.63) is 0 Å². The molecule has 0 aromatic carbocycles. The molecule has 0 unspecified atom stereocenters. The van der Waals surface area contributed by atoms with Crippen molar-refractivity contribution in [1.82, 2.24) is 0 Å². The molecule has 0 saturated heterocycles. The van der Waals surface area contributed by atoms with Crippen LogP contribution in [-0.4, -0.2) is 11.2 Å². The quantitative estimate of drug-likeness (QED) is 0.0654. The van der Waals surface area contributed by atoms with Crippen LogP contribution in [0.2, 0.25) is 0 Å².